The lowest BCUT2D eigenvalue weighted by molar-refractivity contribution is -0.132. The molecule has 0 aliphatic heterocycles. The van der Waals surface area contributed by atoms with Crippen LogP contribution < -0.4 is 4.90 Å². The van der Waals surface area contributed by atoms with Gasteiger partial charge in [-0.2, -0.15) is 5.26 Å². The van der Waals surface area contributed by atoms with Gasteiger partial charge in [-0.1, -0.05) is 103 Å². The third-order valence-electron chi connectivity index (χ3n) is 8.12. The van der Waals surface area contributed by atoms with E-state index in [1.807, 2.05) is 24.3 Å². The Bertz CT molecular complexity index is 2230. The second-order valence-corrected chi connectivity index (χ2v) is 12.1. The van der Waals surface area contributed by atoms with Gasteiger partial charge in [-0.3, -0.25) is 0 Å². The monoisotopic (exact) mass is 624 g/mol. The van der Waals surface area contributed by atoms with Gasteiger partial charge in [-0.05, 0) is 98.9 Å². The Morgan fingerprint density at radius 1 is 0.596 bits per heavy atom. The molecule has 0 saturated carbocycles. The van der Waals surface area contributed by atoms with Gasteiger partial charge >= 0.3 is 5.97 Å². The number of hydrogen-bond acceptors (Lipinski definition) is 4. The van der Waals surface area contributed by atoms with E-state index in [1.165, 1.54) is 23.0 Å². The first-order chi connectivity index (χ1) is 23.1. The summed E-state index contributed by atoms with van der Waals surface area (Å²) < 4.78 is 0. The molecule has 5 heteroatoms. The van der Waals surface area contributed by atoms with E-state index in [2.05, 4.69) is 138 Å². The summed E-state index contributed by atoms with van der Waals surface area (Å²) in [7, 11) is 0. The highest BCUT2D eigenvalue weighted by Crippen LogP contribution is 2.42. The molecule has 47 heavy (non-hydrogen) atoms. The Hall–Kier alpha value is -6.22. The third-order valence-corrected chi connectivity index (χ3v) is 9.11. The molecular formula is C42H28N2O2S. The van der Waals surface area contributed by atoms with E-state index < -0.39 is 5.97 Å². The van der Waals surface area contributed by atoms with Crippen molar-refractivity contribution in [3.8, 4) is 17.2 Å². The molecule has 1 aromatic heterocycles. The molecule has 6 aromatic carbocycles. The maximum Gasteiger partial charge on any atom is 0.346 e. The van der Waals surface area contributed by atoms with Crippen LogP contribution in [-0.2, 0) is 4.79 Å². The van der Waals surface area contributed by atoms with Crippen LogP contribution in [0.2, 0.25) is 0 Å². The Morgan fingerprint density at radius 2 is 1.09 bits per heavy atom. The number of benzene rings is 6. The van der Waals surface area contributed by atoms with E-state index in [4.69, 9.17) is 5.26 Å². The fourth-order valence-corrected chi connectivity index (χ4v) is 6.87. The van der Waals surface area contributed by atoms with Crippen LogP contribution >= 0.6 is 11.3 Å². The van der Waals surface area contributed by atoms with E-state index in [0.717, 1.165) is 59.5 Å². The van der Waals surface area contributed by atoms with Crippen LogP contribution in [0.25, 0.3) is 50.9 Å². The van der Waals surface area contributed by atoms with Gasteiger partial charge in [0.2, 0.25) is 0 Å². The maximum absolute atomic E-state index is 11.3. The minimum absolute atomic E-state index is 0.282. The topological polar surface area (TPSA) is 64.3 Å². The molecule has 1 heterocycles. The van der Waals surface area contributed by atoms with Crippen LogP contribution in [-0.4, -0.2) is 11.1 Å². The summed E-state index contributed by atoms with van der Waals surface area (Å²) in [6.45, 7) is 0. The predicted molar refractivity (Wildman–Crippen MR) is 196 cm³/mol. The Morgan fingerprint density at radius 3 is 1.62 bits per heavy atom. The van der Waals surface area contributed by atoms with Gasteiger partial charge in [0.05, 0.1) is 0 Å². The lowest BCUT2D eigenvalue weighted by Gasteiger charge is -2.25. The zero-order valence-electron chi connectivity index (χ0n) is 25.2. The lowest BCUT2D eigenvalue weighted by Crippen LogP contribution is -2.09. The van der Waals surface area contributed by atoms with Gasteiger partial charge in [-0.15, -0.1) is 11.3 Å². The molecule has 0 spiro atoms. The molecule has 0 radical (unpaired) electrons. The number of thiophene rings is 1. The lowest BCUT2D eigenvalue weighted by atomic mass is 9.88. The van der Waals surface area contributed by atoms with E-state index >= 15 is 0 Å². The van der Waals surface area contributed by atoms with E-state index in [-0.39, 0.29) is 5.57 Å². The quantitative estimate of drug-likeness (QED) is 0.104. The number of nitriles is 1. The van der Waals surface area contributed by atoms with E-state index in [1.54, 1.807) is 6.07 Å². The molecule has 4 nitrogen and oxygen atoms in total. The first-order valence-corrected chi connectivity index (χ1v) is 16.0. The predicted octanol–water partition coefficient (Wildman–Crippen LogP) is 11.4. The molecule has 0 fully saturated rings. The SMILES string of the molecule is N#C/C(=C\c1ccc(/C=C/c2c3ccccc3c(-c3ccc(N(c4ccccc4)c4ccccc4)cc3)c3ccccc23)s1)C(=O)O. The van der Waals surface area contributed by atoms with Crippen molar-refractivity contribution in [2.45, 2.75) is 0 Å². The van der Waals surface area contributed by atoms with Gasteiger partial charge in [0.1, 0.15) is 11.6 Å². The minimum atomic E-state index is -1.23. The number of para-hydroxylation sites is 2. The Labute approximate surface area is 277 Å². The first-order valence-electron chi connectivity index (χ1n) is 15.2. The summed E-state index contributed by atoms with van der Waals surface area (Å²) in [4.78, 5) is 15.2. The molecule has 7 aromatic rings. The molecule has 0 unspecified atom stereocenters. The zero-order chi connectivity index (χ0) is 32.2. The number of carboxylic acids is 1. The van der Waals surface area contributed by atoms with Gasteiger partial charge in [0.15, 0.2) is 0 Å². The van der Waals surface area contributed by atoms with Crippen LogP contribution in [0.3, 0.4) is 0 Å². The van der Waals surface area contributed by atoms with Crippen molar-refractivity contribution in [1.29, 1.82) is 5.26 Å². The highest BCUT2D eigenvalue weighted by atomic mass is 32.1. The Balaban J connectivity index is 1.32. The molecule has 7 rings (SSSR count). The third kappa shape index (κ3) is 5.94. The number of nitrogens with zero attached hydrogens (tertiary/aromatic N) is 2. The Kier molecular flexibility index (Phi) is 8.17. The molecule has 0 bridgehead atoms. The fourth-order valence-electron chi connectivity index (χ4n) is 6.02. The summed E-state index contributed by atoms with van der Waals surface area (Å²) in [6.07, 6.45) is 5.60. The first kappa shape index (κ1) is 29.5. The fraction of sp³-hybridized carbons (Fsp3) is 0. The number of fused-ring (bicyclic) bond motifs is 2. The van der Waals surface area contributed by atoms with Gasteiger partial charge in [-0.25, -0.2) is 4.79 Å². The van der Waals surface area contributed by atoms with Crippen LogP contribution in [0.5, 0.6) is 0 Å². The van der Waals surface area contributed by atoms with Crippen molar-refractivity contribution >= 4 is 74.1 Å². The van der Waals surface area contributed by atoms with Crippen molar-refractivity contribution in [1.82, 2.24) is 0 Å². The van der Waals surface area contributed by atoms with Crippen LogP contribution in [0.15, 0.2) is 151 Å². The zero-order valence-corrected chi connectivity index (χ0v) is 26.1. The molecule has 224 valence electrons. The molecule has 0 amide bonds. The standard InChI is InChI=1S/C42H28N2O2S/c43-28-30(42(45)46)27-35-24-23-34(47-35)25-26-38-36-15-7-9-17-39(36)41(40-18-10-8-16-37(38)40)29-19-21-33(22-20-29)44(31-11-3-1-4-12-31)32-13-5-2-6-14-32/h1-27H,(H,45,46)/b26-25+,30-27+. The summed E-state index contributed by atoms with van der Waals surface area (Å²) in [5.41, 5.74) is 6.43. The van der Waals surface area contributed by atoms with Crippen molar-refractivity contribution in [3.05, 3.63) is 166 Å². The molecular weight excluding hydrogens is 597 g/mol. The largest absolute Gasteiger partial charge is 0.477 e. The van der Waals surface area contributed by atoms with E-state index in [9.17, 15) is 9.90 Å². The molecule has 0 saturated heterocycles. The average Bonchev–Trinajstić information content (AvgIpc) is 3.57. The van der Waals surface area contributed by atoms with E-state index in [0.29, 0.717) is 0 Å². The number of carboxylic acid groups (broad SMARTS) is 1. The number of rotatable bonds is 8. The highest BCUT2D eigenvalue weighted by Gasteiger charge is 2.16. The van der Waals surface area contributed by atoms with Gasteiger partial charge in [0.25, 0.3) is 0 Å². The van der Waals surface area contributed by atoms with Crippen molar-refractivity contribution < 1.29 is 9.90 Å². The summed E-state index contributed by atoms with van der Waals surface area (Å²) in [6, 6.07) is 52.2. The van der Waals surface area contributed by atoms with Crippen molar-refractivity contribution in [2.75, 3.05) is 4.90 Å². The van der Waals surface area contributed by atoms with Crippen molar-refractivity contribution in [2.24, 2.45) is 0 Å². The molecule has 0 aliphatic rings. The summed E-state index contributed by atoms with van der Waals surface area (Å²) in [5, 5.41) is 23.0. The number of carbonyl (C=O) groups is 1. The molecule has 0 atom stereocenters. The van der Waals surface area contributed by atoms with Gasteiger partial charge < -0.3 is 10.0 Å². The maximum atomic E-state index is 11.3. The number of hydrogen-bond donors (Lipinski definition) is 1. The molecule has 0 aliphatic carbocycles. The highest BCUT2D eigenvalue weighted by molar-refractivity contribution is 7.13. The smallest absolute Gasteiger partial charge is 0.346 e. The summed E-state index contributed by atoms with van der Waals surface area (Å²) in [5.74, 6) is -1.23. The van der Waals surface area contributed by atoms with Crippen LogP contribution in [0, 0.1) is 11.3 Å². The number of aliphatic carboxylic acids is 1. The summed E-state index contributed by atoms with van der Waals surface area (Å²) >= 11 is 1.44. The second kappa shape index (κ2) is 13.0. The van der Waals surface area contributed by atoms with Crippen LogP contribution in [0.4, 0.5) is 17.1 Å². The van der Waals surface area contributed by atoms with Crippen LogP contribution in [0.1, 0.15) is 15.3 Å². The molecule has 1 N–H and O–H groups in total. The van der Waals surface area contributed by atoms with Crippen molar-refractivity contribution in [3.63, 3.8) is 0 Å². The second-order valence-electron chi connectivity index (χ2n) is 11.0. The number of anilines is 3. The normalized spacial score (nSPS) is 11.6. The van der Waals surface area contributed by atoms with Gasteiger partial charge in [0, 0.05) is 26.8 Å². The minimum Gasteiger partial charge on any atom is -0.477 e. The average molecular weight is 625 g/mol.